The standard InChI is InChI=1S/C23H24ClFN2O2/c24-22-15-18-5-4-17(14-23(28)29)13-21(18)27(22)20-7-10-26(11-8-20)9-6-16-2-1-3-19(25)12-16/h1-5,12-13,15,20H,6-11,14H2,(H,28,29). The Hall–Kier alpha value is -2.37. The van der Waals surface area contributed by atoms with Gasteiger partial charge in [0.1, 0.15) is 11.0 Å². The van der Waals surface area contributed by atoms with Crippen LogP contribution in [0.15, 0.2) is 48.5 Å². The highest BCUT2D eigenvalue weighted by atomic mass is 35.5. The monoisotopic (exact) mass is 414 g/mol. The second-order valence-corrected chi connectivity index (χ2v) is 8.14. The second kappa shape index (κ2) is 8.56. The lowest BCUT2D eigenvalue weighted by molar-refractivity contribution is -0.136. The first kappa shape index (κ1) is 19.9. The van der Waals surface area contributed by atoms with Crippen molar-refractivity contribution < 1.29 is 14.3 Å². The number of carbonyl (C=O) groups is 1. The third kappa shape index (κ3) is 4.62. The van der Waals surface area contributed by atoms with Crippen LogP contribution in [-0.4, -0.2) is 40.2 Å². The quantitative estimate of drug-likeness (QED) is 0.621. The lowest BCUT2D eigenvalue weighted by atomic mass is 10.0. The van der Waals surface area contributed by atoms with Crippen molar-refractivity contribution in [2.24, 2.45) is 0 Å². The van der Waals surface area contributed by atoms with E-state index in [4.69, 9.17) is 16.7 Å². The number of nitrogens with zero attached hydrogens (tertiary/aromatic N) is 2. The van der Waals surface area contributed by atoms with Gasteiger partial charge in [0.15, 0.2) is 0 Å². The summed E-state index contributed by atoms with van der Waals surface area (Å²) in [6.45, 7) is 2.84. The van der Waals surface area contributed by atoms with Crippen LogP contribution in [0.3, 0.4) is 0 Å². The van der Waals surface area contributed by atoms with Crippen molar-refractivity contribution in [1.82, 2.24) is 9.47 Å². The van der Waals surface area contributed by atoms with Crippen molar-refractivity contribution in [3.8, 4) is 0 Å². The lowest BCUT2D eigenvalue weighted by Gasteiger charge is -2.33. The Balaban J connectivity index is 1.43. The van der Waals surface area contributed by atoms with E-state index in [1.54, 1.807) is 12.1 Å². The van der Waals surface area contributed by atoms with Gasteiger partial charge in [-0.15, -0.1) is 0 Å². The topological polar surface area (TPSA) is 45.5 Å². The Morgan fingerprint density at radius 3 is 2.62 bits per heavy atom. The molecule has 1 aliphatic heterocycles. The van der Waals surface area contributed by atoms with Crippen LogP contribution < -0.4 is 0 Å². The highest BCUT2D eigenvalue weighted by molar-refractivity contribution is 6.31. The number of hydrogen-bond acceptors (Lipinski definition) is 2. The summed E-state index contributed by atoms with van der Waals surface area (Å²) in [6, 6.07) is 14.8. The molecule has 1 aliphatic rings. The van der Waals surface area contributed by atoms with Gasteiger partial charge in [0.2, 0.25) is 0 Å². The summed E-state index contributed by atoms with van der Waals surface area (Å²) in [7, 11) is 0. The highest BCUT2D eigenvalue weighted by Crippen LogP contribution is 2.33. The van der Waals surface area contributed by atoms with Crippen LogP contribution in [0.25, 0.3) is 10.9 Å². The molecule has 0 amide bonds. The number of hydrogen-bond donors (Lipinski definition) is 1. The molecule has 0 unspecified atom stereocenters. The van der Waals surface area contributed by atoms with Gasteiger partial charge in [0.25, 0.3) is 0 Å². The number of fused-ring (bicyclic) bond motifs is 1. The molecular formula is C23H24ClFN2O2. The molecule has 1 saturated heterocycles. The molecule has 0 radical (unpaired) electrons. The van der Waals surface area contributed by atoms with E-state index in [-0.39, 0.29) is 12.2 Å². The fraction of sp³-hybridized carbons (Fsp3) is 0.348. The molecule has 2 heterocycles. The molecule has 4 rings (SSSR count). The van der Waals surface area contributed by atoms with Crippen LogP contribution in [0.1, 0.15) is 30.0 Å². The highest BCUT2D eigenvalue weighted by Gasteiger charge is 2.23. The van der Waals surface area contributed by atoms with Crippen molar-refractivity contribution in [3.63, 3.8) is 0 Å². The number of carboxylic acids is 1. The molecule has 4 nitrogen and oxygen atoms in total. The number of carboxylic acid groups (broad SMARTS) is 1. The summed E-state index contributed by atoms with van der Waals surface area (Å²) in [5.41, 5.74) is 2.82. The van der Waals surface area contributed by atoms with Gasteiger partial charge >= 0.3 is 5.97 Å². The summed E-state index contributed by atoms with van der Waals surface area (Å²) in [6.07, 6.45) is 2.82. The number of benzene rings is 2. The second-order valence-electron chi connectivity index (χ2n) is 7.75. The summed E-state index contributed by atoms with van der Waals surface area (Å²) in [4.78, 5) is 13.5. The first-order valence-corrected chi connectivity index (χ1v) is 10.4. The van der Waals surface area contributed by atoms with E-state index in [1.807, 2.05) is 30.3 Å². The van der Waals surface area contributed by atoms with Gasteiger partial charge in [-0.1, -0.05) is 35.9 Å². The molecule has 152 valence electrons. The number of halogens is 2. The SMILES string of the molecule is O=C(O)Cc1ccc2cc(Cl)n(C3CCN(CCc4cccc(F)c4)CC3)c2c1. The molecule has 1 fully saturated rings. The van der Waals surface area contributed by atoms with E-state index in [2.05, 4.69) is 9.47 Å². The molecule has 0 atom stereocenters. The average molecular weight is 415 g/mol. The molecule has 0 aliphatic carbocycles. The molecule has 2 aromatic carbocycles. The van der Waals surface area contributed by atoms with Crippen LogP contribution in [0.2, 0.25) is 5.15 Å². The Morgan fingerprint density at radius 1 is 1.10 bits per heavy atom. The first-order valence-electron chi connectivity index (χ1n) is 9.97. The van der Waals surface area contributed by atoms with Crippen molar-refractivity contribution in [1.29, 1.82) is 0 Å². The zero-order chi connectivity index (χ0) is 20.4. The van der Waals surface area contributed by atoms with E-state index >= 15 is 0 Å². The molecule has 0 spiro atoms. The van der Waals surface area contributed by atoms with Crippen LogP contribution >= 0.6 is 11.6 Å². The number of likely N-dealkylation sites (tertiary alicyclic amines) is 1. The van der Waals surface area contributed by atoms with Gasteiger partial charge in [-0.2, -0.15) is 0 Å². The predicted molar refractivity (Wildman–Crippen MR) is 113 cm³/mol. The Bertz CT molecular complexity index is 1020. The van der Waals surface area contributed by atoms with Crippen molar-refractivity contribution >= 4 is 28.5 Å². The van der Waals surface area contributed by atoms with Crippen LogP contribution in [0.4, 0.5) is 4.39 Å². The average Bonchev–Trinajstić information content (AvgIpc) is 3.01. The minimum atomic E-state index is -0.833. The van der Waals surface area contributed by atoms with Crippen LogP contribution in [-0.2, 0) is 17.6 Å². The summed E-state index contributed by atoms with van der Waals surface area (Å²) in [5, 5.41) is 10.8. The van der Waals surface area contributed by atoms with Crippen LogP contribution in [0, 0.1) is 5.82 Å². The minimum Gasteiger partial charge on any atom is -0.481 e. The largest absolute Gasteiger partial charge is 0.481 e. The third-order valence-corrected chi connectivity index (χ3v) is 6.03. The first-order chi connectivity index (χ1) is 14.0. The minimum absolute atomic E-state index is 0.0112. The molecular weight excluding hydrogens is 391 g/mol. The van der Waals surface area contributed by atoms with E-state index in [0.717, 1.165) is 60.9 Å². The maximum atomic E-state index is 13.3. The van der Waals surface area contributed by atoms with Gasteiger partial charge in [-0.05, 0) is 54.7 Å². The van der Waals surface area contributed by atoms with Gasteiger partial charge < -0.3 is 14.6 Å². The summed E-state index contributed by atoms with van der Waals surface area (Å²) < 4.78 is 15.5. The van der Waals surface area contributed by atoms with Gasteiger partial charge in [-0.25, -0.2) is 4.39 Å². The molecule has 1 aromatic heterocycles. The normalized spacial score (nSPS) is 15.8. The van der Waals surface area contributed by atoms with Crippen molar-refractivity contribution in [2.75, 3.05) is 19.6 Å². The molecule has 0 saturated carbocycles. The number of aliphatic carboxylic acids is 1. The predicted octanol–water partition coefficient (Wildman–Crippen LogP) is 4.94. The smallest absolute Gasteiger partial charge is 0.307 e. The fourth-order valence-electron chi connectivity index (χ4n) is 4.27. The maximum absolute atomic E-state index is 13.3. The van der Waals surface area contributed by atoms with E-state index in [1.165, 1.54) is 6.07 Å². The van der Waals surface area contributed by atoms with E-state index in [9.17, 15) is 9.18 Å². The molecule has 0 bridgehead atoms. The van der Waals surface area contributed by atoms with Gasteiger partial charge in [0, 0.05) is 36.6 Å². The Labute approximate surface area is 174 Å². The van der Waals surface area contributed by atoms with E-state index in [0.29, 0.717) is 11.2 Å². The number of piperidine rings is 1. The van der Waals surface area contributed by atoms with Crippen molar-refractivity contribution in [3.05, 3.63) is 70.6 Å². The third-order valence-electron chi connectivity index (χ3n) is 5.74. The summed E-state index contributed by atoms with van der Waals surface area (Å²) in [5.74, 6) is -1.02. The molecule has 29 heavy (non-hydrogen) atoms. The lowest BCUT2D eigenvalue weighted by Crippen LogP contribution is -2.36. The van der Waals surface area contributed by atoms with Crippen molar-refractivity contribution in [2.45, 2.75) is 31.7 Å². The maximum Gasteiger partial charge on any atom is 0.307 e. The van der Waals surface area contributed by atoms with E-state index < -0.39 is 5.97 Å². The molecule has 3 aromatic rings. The zero-order valence-corrected chi connectivity index (χ0v) is 16.9. The summed E-state index contributed by atoms with van der Waals surface area (Å²) >= 11 is 6.55. The molecule has 1 N–H and O–H groups in total. The Kier molecular flexibility index (Phi) is 5.88. The van der Waals surface area contributed by atoms with Gasteiger partial charge in [0.05, 0.1) is 6.42 Å². The number of aromatic nitrogens is 1. The molecule has 6 heteroatoms. The Morgan fingerprint density at radius 2 is 1.90 bits per heavy atom. The fourth-order valence-corrected chi connectivity index (χ4v) is 4.62. The van der Waals surface area contributed by atoms with Gasteiger partial charge in [-0.3, -0.25) is 4.79 Å². The number of rotatable bonds is 6. The van der Waals surface area contributed by atoms with Crippen LogP contribution in [0.5, 0.6) is 0 Å². The zero-order valence-electron chi connectivity index (χ0n) is 16.2.